The standard InChI is InChI=1S/C14H21FN2O2S/c1-3-11-4-5-17(9-11)20(18,19)14-7-12(8-16)6-13(15)10(14)2/h6-7,11H,3-5,8-9,16H2,1-2H3. The van der Waals surface area contributed by atoms with E-state index in [4.69, 9.17) is 5.73 Å². The quantitative estimate of drug-likeness (QED) is 0.925. The van der Waals surface area contributed by atoms with E-state index in [2.05, 4.69) is 6.92 Å². The molecule has 1 aliphatic rings. The first-order chi connectivity index (χ1) is 9.40. The Morgan fingerprint density at radius 3 is 2.70 bits per heavy atom. The van der Waals surface area contributed by atoms with Gasteiger partial charge < -0.3 is 5.73 Å². The average Bonchev–Trinajstić information content (AvgIpc) is 2.91. The third-order valence-corrected chi connectivity index (χ3v) is 6.03. The molecule has 0 aromatic heterocycles. The van der Waals surface area contributed by atoms with Gasteiger partial charge in [0.05, 0.1) is 4.90 Å². The van der Waals surface area contributed by atoms with E-state index in [1.54, 1.807) is 0 Å². The van der Waals surface area contributed by atoms with Crippen molar-refractivity contribution in [2.75, 3.05) is 13.1 Å². The summed E-state index contributed by atoms with van der Waals surface area (Å²) in [7, 11) is -3.63. The van der Waals surface area contributed by atoms with E-state index in [1.165, 1.54) is 23.4 Å². The minimum Gasteiger partial charge on any atom is -0.326 e. The van der Waals surface area contributed by atoms with Crippen LogP contribution in [0, 0.1) is 18.7 Å². The number of nitrogens with two attached hydrogens (primary N) is 1. The number of halogens is 1. The molecule has 1 atom stereocenters. The van der Waals surface area contributed by atoms with Crippen LogP contribution in [0.4, 0.5) is 4.39 Å². The van der Waals surface area contributed by atoms with Crippen molar-refractivity contribution < 1.29 is 12.8 Å². The van der Waals surface area contributed by atoms with E-state index in [1.807, 2.05) is 0 Å². The number of benzene rings is 1. The Kier molecular flexibility index (Phi) is 4.46. The fraction of sp³-hybridized carbons (Fsp3) is 0.571. The highest BCUT2D eigenvalue weighted by atomic mass is 32.2. The van der Waals surface area contributed by atoms with Crippen molar-refractivity contribution in [2.45, 2.75) is 38.1 Å². The second-order valence-electron chi connectivity index (χ2n) is 5.33. The van der Waals surface area contributed by atoms with Crippen molar-refractivity contribution in [1.82, 2.24) is 4.31 Å². The maximum atomic E-state index is 13.8. The lowest BCUT2D eigenvalue weighted by atomic mass is 10.1. The van der Waals surface area contributed by atoms with Gasteiger partial charge in [0.2, 0.25) is 10.0 Å². The Labute approximate surface area is 119 Å². The molecule has 6 heteroatoms. The maximum Gasteiger partial charge on any atom is 0.243 e. The van der Waals surface area contributed by atoms with Gasteiger partial charge in [-0.3, -0.25) is 0 Å². The Balaban J connectivity index is 2.42. The summed E-state index contributed by atoms with van der Waals surface area (Å²) < 4.78 is 40.6. The predicted molar refractivity (Wildman–Crippen MR) is 76.2 cm³/mol. The van der Waals surface area contributed by atoms with Gasteiger partial charge in [-0.25, -0.2) is 12.8 Å². The molecule has 0 radical (unpaired) electrons. The topological polar surface area (TPSA) is 63.4 Å². The van der Waals surface area contributed by atoms with Gasteiger partial charge in [-0.15, -0.1) is 0 Å². The molecule has 1 aliphatic heterocycles. The van der Waals surface area contributed by atoms with Crippen molar-refractivity contribution >= 4 is 10.0 Å². The lowest BCUT2D eigenvalue weighted by molar-refractivity contribution is 0.451. The Bertz CT molecular complexity index is 601. The van der Waals surface area contributed by atoms with Gasteiger partial charge in [0, 0.05) is 25.2 Å². The second-order valence-corrected chi connectivity index (χ2v) is 7.24. The first-order valence-corrected chi connectivity index (χ1v) is 8.33. The van der Waals surface area contributed by atoms with Gasteiger partial charge in [0.1, 0.15) is 5.82 Å². The smallest absolute Gasteiger partial charge is 0.243 e. The van der Waals surface area contributed by atoms with Gasteiger partial charge in [-0.2, -0.15) is 4.31 Å². The average molecular weight is 300 g/mol. The van der Waals surface area contributed by atoms with Crippen molar-refractivity contribution in [1.29, 1.82) is 0 Å². The third-order valence-electron chi connectivity index (χ3n) is 4.04. The molecule has 0 bridgehead atoms. The first-order valence-electron chi connectivity index (χ1n) is 6.89. The molecule has 1 fully saturated rings. The van der Waals surface area contributed by atoms with Crippen LogP contribution < -0.4 is 5.73 Å². The summed E-state index contributed by atoms with van der Waals surface area (Å²) >= 11 is 0. The molecule has 1 saturated heterocycles. The number of hydrogen-bond donors (Lipinski definition) is 1. The zero-order valence-corrected chi connectivity index (χ0v) is 12.7. The molecule has 0 aliphatic carbocycles. The van der Waals surface area contributed by atoms with Crippen LogP contribution in [0.3, 0.4) is 0 Å². The van der Waals surface area contributed by atoms with Gasteiger partial charge in [0.15, 0.2) is 0 Å². The molecule has 1 aromatic carbocycles. The Hall–Kier alpha value is -0.980. The molecule has 0 spiro atoms. The molecular weight excluding hydrogens is 279 g/mol. The van der Waals surface area contributed by atoms with Gasteiger partial charge >= 0.3 is 0 Å². The van der Waals surface area contributed by atoms with Gasteiger partial charge in [-0.1, -0.05) is 13.3 Å². The fourth-order valence-electron chi connectivity index (χ4n) is 2.58. The SMILES string of the molecule is CCC1CCN(S(=O)(=O)c2cc(CN)cc(F)c2C)C1. The van der Waals surface area contributed by atoms with Crippen LogP contribution in [0.5, 0.6) is 0 Å². The molecule has 0 saturated carbocycles. The van der Waals surface area contributed by atoms with Crippen LogP contribution in [0.25, 0.3) is 0 Å². The van der Waals surface area contributed by atoms with Crippen molar-refractivity contribution in [3.05, 3.63) is 29.1 Å². The summed E-state index contributed by atoms with van der Waals surface area (Å²) in [6.07, 6.45) is 1.83. The van der Waals surface area contributed by atoms with E-state index >= 15 is 0 Å². The number of nitrogens with zero attached hydrogens (tertiary/aromatic N) is 1. The van der Waals surface area contributed by atoms with Crippen LogP contribution >= 0.6 is 0 Å². The summed E-state index contributed by atoms with van der Waals surface area (Å²) in [6, 6.07) is 2.79. The molecule has 2 rings (SSSR count). The van der Waals surface area contributed by atoms with E-state index < -0.39 is 15.8 Å². The predicted octanol–water partition coefficient (Wildman–Crippen LogP) is 2.01. The molecule has 0 amide bonds. The Morgan fingerprint density at radius 1 is 1.45 bits per heavy atom. The summed E-state index contributed by atoms with van der Waals surface area (Å²) in [5.74, 6) is -0.120. The highest BCUT2D eigenvalue weighted by Gasteiger charge is 2.33. The molecule has 112 valence electrons. The van der Waals surface area contributed by atoms with Crippen LogP contribution in [0.1, 0.15) is 30.9 Å². The summed E-state index contributed by atoms with van der Waals surface area (Å²) in [5, 5.41) is 0. The number of sulfonamides is 1. The van der Waals surface area contributed by atoms with Crippen molar-refractivity contribution in [3.8, 4) is 0 Å². The molecule has 2 N–H and O–H groups in total. The molecule has 20 heavy (non-hydrogen) atoms. The maximum absolute atomic E-state index is 13.8. The largest absolute Gasteiger partial charge is 0.326 e. The number of hydrogen-bond acceptors (Lipinski definition) is 3. The molecule has 1 aromatic rings. The molecule has 4 nitrogen and oxygen atoms in total. The van der Waals surface area contributed by atoms with E-state index in [-0.39, 0.29) is 17.0 Å². The fourth-order valence-corrected chi connectivity index (χ4v) is 4.40. The Morgan fingerprint density at radius 2 is 2.15 bits per heavy atom. The lowest BCUT2D eigenvalue weighted by Crippen LogP contribution is -2.29. The van der Waals surface area contributed by atoms with Crippen LogP contribution in [-0.2, 0) is 16.6 Å². The van der Waals surface area contributed by atoms with Crippen molar-refractivity contribution in [2.24, 2.45) is 11.7 Å². The minimum absolute atomic E-state index is 0.0507. The normalized spacial score (nSPS) is 20.5. The second kappa shape index (κ2) is 5.79. The molecule has 1 unspecified atom stereocenters. The van der Waals surface area contributed by atoms with Crippen LogP contribution in [0.2, 0.25) is 0 Å². The zero-order chi connectivity index (χ0) is 14.9. The highest BCUT2D eigenvalue weighted by molar-refractivity contribution is 7.89. The zero-order valence-electron chi connectivity index (χ0n) is 11.9. The minimum atomic E-state index is -3.63. The summed E-state index contributed by atoms with van der Waals surface area (Å²) in [6.45, 7) is 4.70. The third kappa shape index (κ3) is 2.73. The van der Waals surface area contributed by atoms with E-state index in [0.29, 0.717) is 24.6 Å². The highest BCUT2D eigenvalue weighted by Crippen LogP contribution is 2.29. The lowest BCUT2D eigenvalue weighted by Gasteiger charge is -2.19. The molecule has 1 heterocycles. The van der Waals surface area contributed by atoms with Gasteiger partial charge in [-0.05, 0) is 37.0 Å². The summed E-state index contributed by atoms with van der Waals surface area (Å²) in [4.78, 5) is 0.0507. The summed E-state index contributed by atoms with van der Waals surface area (Å²) in [5.41, 5.74) is 6.17. The number of rotatable bonds is 4. The van der Waals surface area contributed by atoms with Crippen LogP contribution in [-0.4, -0.2) is 25.8 Å². The van der Waals surface area contributed by atoms with E-state index in [0.717, 1.165) is 12.8 Å². The van der Waals surface area contributed by atoms with Gasteiger partial charge in [0.25, 0.3) is 0 Å². The van der Waals surface area contributed by atoms with Crippen molar-refractivity contribution in [3.63, 3.8) is 0 Å². The molecular formula is C14H21FN2O2S. The monoisotopic (exact) mass is 300 g/mol. The first kappa shape index (κ1) is 15.4. The van der Waals surface area contributed by atoms with Crippen LogP contribution in [0.15, 0.2) is 17.0 Å². The van der Waals surface area contributed by atoms with E-state index in [9.17, 15) is 12.8 Å².